The van der Waals surface area contributed by atoms with Crippen molar-refractivity contribution in [3.8, 4) is 0 Å². The lowest BCUT2D eigenvalue weighted by atomic mass is 9.51. The van der Waals surface area contributed by atoms with Gasteiger partial charge in [-0.05, 0) is 75.8 Å². The first-order valence-electron chi connectivity index (χ1n) is 12.6. The van der Waals surface area contributed by atoms with Crippen LogP contribution in [0.4, 0.5) is 19.0 Å². The lowest BCUT2D eigenvalue weighted by Crippen LogP contribution is -2.68. The SMILES string of the molecule is CC(C)(C(=O)NC1C2CC3CC1CC(NC=O)(C3)C2)N1CCN(c2ccc(C(F)(F)F)cn2)CC1. The number of amides is 2. The molecule has 2 atom stereocenters. The van der Waals surface area contributed by atoms with E-state index in [0.717, 1.165) is 50.8 Å². The van der Waals surface area contributed by atoms with Crippen LogP contribution in [0.1, 0.15) is 51.5 Å². The van der Waals surface area contributed by atoms with Gasteiger partial charge in [0.1, 0.15) is 5.82 Å². The molecule has 0 spiro atoms. The summed E-state index contributed by atoms with van der Waals surface area (Å²) in [5.41, 5.74) is -1.54. The van der Waals surface area contributed by atoms with E-state index in [-0.39, 0.29) is 17.5 Å². The average Bonchev–Trinajstić information content (AvgIpc) is 2.80. The number of pyridine rings is 1. The topological polar surface area (TPSA) is 77.6 Å². The third-order valence-corrected chi connectivity index (χ3v) is 8.96. The Hall–Kier alpha value is -2.36. The fourth-order valence-electron chi connectivity index (χ4n) is 7.27. The largest absolute Gasteiger partial charge is 0.417 e. The number of halogens is 3. The molecule has 5 fully saturated rings. The van der Waals surface area contributed by atoms with Crippen LogP contribution < -0.4 is 15.5 Å². The van der Waals surface area contributed by atoms with Crippen molar-refractivity contribution >= 4 is 18.1 Å². The number of anilines is 1. The molecule has 10 heteroatoms. The van der Waals surface area contributed by atoms with Gasteiger partial charge < -0.3 is 15.5 Å². The highest BCUT2D eigenvalue weighted by Crippen LogP contribution is 2.55. The van der Waals surface area contributed by atoms with E-state index in [1.165, 1.54) is 6.07 Å². The van der Waals surface area contributed by atoms with E-state index in [1.807, 2.05) is 18.7 Å². The summed E-state index contributed by atoms with van der Waals surface area (Å²) >= 11 is 0. The number of carbonyl (C=O) groups excluding carboxylic acids is 2. The number of carbonyl (C=O) groups is 2. The van der Waals surface area contributed by atoms with E-state index >= 15 is 0 Å². The minimum atomic E-state index is -4.40. The molecule has 1 aromatic rings. The molecule has 2 amide bonds. The summed E-state index contributed by atoms with van der Waals surface area (Å²) < 4.78 is 38.5. The van der Waals surface area contributed by atoms with Gasteiger partial charge in [0, 0.05) is 44.0 Å². The second-order valence-corrected chi connectivity index (χ2v) is 11.4. The summed E-state index contributed by atoms with van der Waals surface area (Å²) in [6.45, 7) is 6.31. The summed E-state index contributed by atoms with van der Waals surface area (Å²) in [4.78, 5) is 32.8. The number of nitrogens with one attached hydrogen (secondary N) is 2. The van der Waals surface area contributed by atoms with Crippen LogP contribution in [0.5, 0.6) is 0 Å². The highest BCUT2D eigenvalue weighted by molar-refractivity contribution is 5.85. The monoisotopic (exact) mass is 493 g/mol. The highest BCUT2D eigenvalue weighted by Gasteiger charge is 2.56. The molecule has 2 unspecified atom stereocenters. The number of hydrogen-bond donors (Lipinski definition) is 2. The van der Waals surface area contributed by atoms with Gasteiger partial charge in [-0.25, -0.2) is 4.98 Å². The van der Waals surface area contributed by atoms with Gasteiger partial charge in [0.05, 0.1) is 11.1 Å². The van der Waals surface area contributed by atoms with E-state index < -0.39 is 17.3 Å². The maximum Gasteiger partial charge on any atom is 0.417 e. The van der Waals surface area contributed by atoms with E-state index in [9.17, 15) is 22.8 Å². The highest BCUT2D eigenvalue weighted by atomic mass is 19.4. The van der Waals surface area contributed by atoms with Crippen LogP contribution in [0.25, 0.3) is 0 Å². The van der Waals surface area contributed by atoms with Crippen molar-refractivity contribution in [2.45, 2.75) is 69.2 Å². The van der Waals surface area contributed by atoms with Crippen LogP contribution in [0, 0.1) is 17.8 Å². The van der Waals surface area contributed by atoms with Crippen LogP contribution in [-0.2, 0) is 15.8 Å². The average molecular weight is 494 g/mol. The molecule has 1 aromatic heterocycles. The fraction of sp³-hybridized carbons (Fsp3) is 0.720. The Kier molecular flexibility index (Phi) is 6.01. The lowest BCUT2D eigenvalue weighted by Gasteiger charge is -2.60. The molecule has 35 heavy (non-hydrogen) atoms. The number of nitrogens with zero attached hydrogens (tertiary/aromatic N) is 3. The lowest BCUT2D eigenvalue weighted by molar-refractivity contribution is -0.138. The normalized spacial score (nSPS) is 33.0. The maximum absolute atomic E-state index is 13.5. The van der Waals surface area contributed by atoms with Crippen LogP contribution in [0.3, 0.4) is 0 Å². The van der Waals surface area contributed by atoms with Crippen LogP contribution >= 0.6 is 0 Å². The van der Waals surface area contributed by atoms with Crippen LogP contribution in [0.2, 0.25) is 0 Å². The zero-order valence-electron chi connectivity index (χ0n) is 20.3. The predicted molar refractivity (Wildman–Crippen MR) is 125 cm³/mol. The zero-order chi connectivity index (χ0) is 25.0. The van der Waals surface area contributed by atoms with E-state index in [2.05, 4.69) is 20.5 Å². The first-order chi connectivity index (χ1) is 16.5. The fourth-order valence-corrected chi connectivity index (χ4v) is 7.27. The van der Waals surface area contributed by atoms with Crippen molar-refractivity contribution in [3.63, 3.8) is 0 Å². The van der Waals surface area contributed by atoms with E-state index in [1.54, 1.807) is 0 Å². The molecule has 0 radical (unpaired) electrons. The zero-order valence-corrected chi connectivity index (χ0v) is 20.3. The predicted octanol–water partition coefficient (Wildman–Crippen LogP) is 2.81. The molecule has 1 aliphatic heterocycles. The van der Waals surface area contributed by atoms with Gasteiger partial charge in [0.25, 0.3) is 0 Å². The Labute approximate surface area is 203 Å². The second-order valence-electron chi connectivity index (χ2n) is 11.4. The Balaban J connectivity index is 1.19. The number of rotatable bonds is 6. The van der Waals surface area contributed by atoms with Gasteiger partial charge >= 0.3 is 6.18 Å². The molecule has 5 aliphatic rings. The van der Waals surface area contributed by atoms with Gasteiger partial charge in [-0.2, -0.15) is 13.2 Å². The van der Waals surface area contributed by atoms with Crippen molar-refractivity contribution in [3.05, 3.63) is 23.9 Å². The van der Waals surface area contributed by atoms with Crippen molar-refractivity contribution in [2.24, 2.45) is 17.8 Å². The summed E-state index contributed by atoms with van der Waals surface area (Å²) in [5, 5.41) is 6.50. The molecule has 0 aromatic carbocycles. The summed E-state index contributed by atoms with van der Waals surface area (Å²) in [6.07, 6.45) is 2.47. The molecule has 192 valence electrons. The Morgan fingerprint density at radius 3 is 2.29 bits per heavy atom. The standard InChI is InChI=1S/C25H34F3N5O2/c1-23(2,33-7-5-32(6-8-33)20-4-3-19(14-29-20)25(26,27)28)22(35)31-21-17-9-16-10-18(21)13-24(11-16,12-17)30-15-34/h3-4,14-18,21H,5-13H2,1-2H3,(H,30,34)(H,31,35). The van der Waals surface area contributed by atoms with E-state index in [0.29, 0.717) is 49.8 Å². The molecular formula is C25H34F3N5O2. The van der Waals surface area contributed by atoms with Crippen LogP contribution in [-0.4, -0.2) is 65.5 Å². The first kappa shape index (κ1) is 24.3. The number of alkyl halides is 3. The quantitative estimate of drug-likeness (QED) is 0.596. The molecule has 6 rings (SSSR count). The second kappa shape index (κ2) is 8.64. The van der Waals surface area contributed by atoms with Gasteiger partial charge in [0.2, 0.25) is 12.3 Å². The minimum Gasteiger partial charge on any atom is -0.354 e. The summed E-state index contributed by atoms with van der Waals surface area (Å²) in [7, 11) is 0. The van der Waals surface area contributed by atoms with E-state index in [4.69, 9.17) is 0 Å². The smallest absolute Gasteiger partial charge is 0.354 e. The Bertz CT molecular complexity index is 943. The molecule has 2 heterocycles. The third-order valence-electron chi connectivity index (χ3n) is 8.96. The molecule has 1 saturated heterocycles. The van der Waals surface area contributed by atoms with Crippen LogP contribution in [0.15, 0.2) is 18.3 Å². The molecule has 4 bridgehead atoms. The van der Waals surface area contributed by atoms with Crippen molar-refractivity contribution in [1.29, 1.82) is 0 Å². The molecular weight excluding hydrogens is 459 g/mol. The van der Waals surface area contributed by atoms with Gasteiger partial charge in [-0.1, -0.05) is 0 Å². The molecule has 7 nitrogen and oxygen atoms in total. The third kappa shape index (κ3) is 4.49. The van der Waals surface area contributed by atoms with Gasteiger partial charge in [-0.3, -0.25) is 14.5 Å². The molecule has 4 aliphatic carbocycles. The minimum absolute atomic E-state index is 0.0217. The molecule has 4 saturated carbocycles. The number of piperazine rings is 1. The first-order valence-corrected chi connectivity index (χ1v) is 12.6. The number of hydrogen-bond acceptors (Lipinski definition) is 5. The van der Waals surface area contributed by atoms with Crippen molar-refractivity contribution in [1.82, 2.24) is 20.5 Å². The molecule has 2 N–H and O–H groups in total. The number of aromatic nitrogens is 1. The Morgan fingerprint density at radius 1 is 1.09 bits per heavy atom. The maximum atomic E-state index is 13.5. The van der Waals surface area contributed by atoms with Crippen molar-refractivity contribution in [2.75, 3.05) is 31.1 Å². The van der Waals surface area contributed by atoms with Gasteiger partial charge in [-0.15, -0.1) is 0 Å². The van der Waals surface area contributed by atoms with Crippen molar-refractivity contribution < 1.29 is 22.8 Å². The van der Waals surface area contributed by atoms with Gasteiger partial charge in [0.15, 0.2) is 0 Å². The summed E-state index contributed by atoms with van der Waals surface area (Å²) in [6, 6.07) is 2.62. The summed E-state index contributed by atoms with van der Waals surface area (Å²) in [5.74, 6) is 1.97. The Morgan fingerprint density at radius 2 is 1.74 bits per heavy atom.